The highest BCUT2D eigenvalue weighted by Crippen LogP contribution is 2.22. The number of carbonyl (C=O) groups is 1. The fraction of sp³-hybridized carbons (Fsp3) is 0.625. The van der Waals surface area contributed by atoms with E-state index in [1.807, 2.05) is 0 Å². The van der Waals surface area contributed by atoms with E-state index in [-0.39, 0.29) is 5.75 Å². The van der Waals surface area contributed by atoms with Crippen molar-refractivity contribution in [3.05, 3.63) is 23.9 Å². The van der Waals surface area contributed by atoms with Gasteiger partial charge in [0.1, 0.15) is 5.75 Å². The Labute approximate surface area is 137 Å². The van der Waals surface area contributed by atoms with Crippen LogP contribution in [0.4, 0.5) is 0 Å². The lowest BCUT2D eigenvalue weighted by atomic mass is 9.89. The zero-order valence-electron chi connectivity index (χ0n) is 13.5. The van der Waals surface area contributed by atoms with Crippen molar-refractivity contribution in [3.8, 4) is 5.88 Å². The van der Waals surface area contributed by atoms with Gasteiger partial charge < -0.3 is 10.1 Å². The smallest absolute Gasteiger partial charge is 0.235 e. The van der Waals surface area contributed by atoms with Crippen LogP contribution in [-0.4, -0.2) is 38.7 Å². The molecule has 1 heterocycles. The van der Waals surface area contributed by atoms with Gasteiger partial charge in [-0.15, -0.1) is 0 Å². The fourth-order valence-electron chi connectivity index (χ4n) is 2.86. The van der Waals surface area contributed by atoms with Gasteiger partial charge in [-0.1, -0.05) is 19.3 Å². The second-order valence-corrected chi connectivity index (χ2v) is 8.11. The molecule has 2 rings (SSSR count). The van der Waals surface area contributed by atoms with Crippen molar-refractivity contribution in [2.45, 2.75) is 37.9 Å². The molecule has 1 aliphatic rings. The molecule has 1 fully saturated rings. The Morgan fingerprint density at radius 3 is 2.78 bits per heavy atom. The van der Waals surface area contributed by atoms with Crippen molar-refractivity contribution < 1.29 is 17.9 Å². The molecule has 128 valence electrons. The number of ether oxygens (including phenoxy) is 1. The third-order valence-corrected chi connectivity index (χ3v) is 5.53. The van der Waals surface area contributed by atoms with E-state index >= 15 is 0 Å². The first kappa shape index (κ1) is 17.7. The Kier molecular flexibility index (Phi) is 6.38. The molecular weight excluding hydrogens is 316 g/mol. The Bertz CT molecular complexity index is 625. The van der Waals surface area contributed by atoms with Gasteiger partial charge >= 0.3 is 0 Å². The fourth-order valence-corrected chi connectivity index (χ4v) is 4.15. The number of hydrogen-bond donors (Lipinski definition) is 1. The van der Waals surface area contributed by atoms with Gasteiger partial charge in [0.15, 0.2) is 9.84 Å². The molecule has 0 aliphatic heterocycles. The summed E-state index contributed by atoms with van der Waals surface area (Å²) in [6, 6.07) is 3.18. The largest absolute Gasteiger partial charge is 0.481 e. The molecule has 0 aromatic carbocycles. The zero-order valence-corrected chi connectivity index (χ0v) is 14.3. The SMILES string of the molecule is COc1cc(CS(=O)(=O)CC(=O)NCC2CCCCC2)ccn1. The lowest BCUT2D eigenvalue weighted by molar-refractivity contribution is -0.118. The van der Waals surface area contributed by atoms with E-state index in [1.165, 1.54) is 32.6 Å². The molecule has 1 aromatic heterocycles. The highest BCUT2D eigenvalue weighted by molar-refractivity contribution is 7.91. The summed E-state index contributed by atoms with van der Waals surface area (Å²) in [6.45, 7) is 0.581. The first-order valence-electron chi connectivity index (χ1n) is 7.94. The molecule has 0 unspecified atom stereocenters. The maximum atomic E-state index is 12.1. The number of methoxy groups -OCH3 is 1. The standard InChI is InChI=1S/C16H24N2O4S/c1-22-16-9-14(7-8-17-16)11-23(20,21)12-15(19)18-10-13-5-3-2-4-6-13/h7-9,13H,2-6,10-12H2,1H3,(H,18,19). The van der Waals surface area contributed by atoms with Gasteiger partial charge in [-0.3, -0.25) is 4.79 Å². The van der Waals surface area contributed by atoms with Crippen molar-refractivity contribution in [2.24, 2.45) is 5.92 Å². The van der Waals surface area contributed by atoms with Gasteiger partial charge in [-0.2, -0.15) is 0 Å². The van der Waals surface area contributed by atoms with E-state index < -0.39 is 21.5 Å². The monoisotopic (exact) mass is 340 g/mol. The molecule has 1 N–H and O–H groups in total. The molecule has 0 bridgehead atoms. The van der Waals surface area contributed by atoms with Gasteiger partial charge in [-0.05, 0) is 30.4 Å². The topological polar surface area (TPSA) is 85.4 Å². The molecule has 0 spiro atoms. The number of aromatic nitrogens is 1. The van der Waals surface area contributed by atoms with E-state index in [0.29, 0.717) is 23.9 Å². The first-order valence-corrected chi connectivity index (χ1v) is 9.77. The molecule has 1 aromatic rings. The molecule has 0 saturated heterocycles. The van der Waals surface area contributed by atoms with Crippen LogP contribution in [0.15, 0.2) is 18.3 Å². The quantitative estimate of drug-likeness (QED) is 0.816. The lowest BCUT2D eigenvalue weighted by Crippen LogP contribution is -2.34. The second kappa shape index (κ2) is 8.29. The molecular formula is C16H24N2O4S. The van der Waals surface area contributed by atoms with Gasteiger partial charge in [0.25, 0.3) is 0 Å². The summed E-state index contributed by atoms with van der Waals surface area (Å²) in [6.07, 6.45) is 7.38. The van der Waals surface area contributed by atoms with Crippen LogP contribution >= 0.6 is 0 Å². The van der Waals surface area contributed by atoms with Crippen molar-refractivity contribution in [2.75, 3.05) is 19.4 Å². The normalized spacial score (nSPS) is 16.0. The number of hydrogen-bond acceptors (Lipinski definition) is 5. The number of pyridine rings is 1. The maximum absolute atomic E-state index is 12.1. The Hall–Kier alpha value is -1.63. The summed E-state index contributed by atoms with van der Waals surface area (Å²) in [5.74, 6) is -0.247. The van der Waals surface area contributed by atoms with E-state index in [4.69, 9.17) is 4.74 Å². The summed E-state index contributed by atoms with van der Waals surface area (Å²) >= 11 is 0. The van der Waals surface area contributed by atoms with Crippen LogP contribution < -0.4 is 10.1 Å². The van der Waals surface area contributed by atoms with E-state index in [1.54, 1.807) is 12.1 Å². The molecule has 1 amide bonds. The zero-order chi connectivity index (χ0) is 16.7. The predicted molar refractivity (Wildman–Crippen MR) is 87.9 cm³/mol. The third kappa shape index (κ3) is 6.17. The number of sulfone groups is 1. The van der Waals surface area contributed by atoms with Crippen LogP contribution in [-0.2, 0) is 20.4 Å². The number of nitrogens with one attached hydrogen (secondary N) is 1. The highest BCUT2D eigenvalue weighted by atomic mass is 32.2. The van der Waals surface area contributed by atoms with Crippen LogP contribution in [0.5, 0.6) is 5.88 Å². The van der Waals surface area contributed by atoms with E-state index in [0.717, 1.165) is 12.8 Å². The number of amides is 1. The van der Waals surface area contributed by atoms with Crippen LogP contribution in [0.2, 0.25) is 0 Å². The molecule has 1 saturated carbocycles. The predicted octanol–water partition coefficient (Wildman–Crippen LogP) is 1.70. The molecule has 0 atom stereocenters. The van der Waals surface area contributed by atoms with Gasteiger partial charge in [0.05, 0.1) is 12.9 Å². The third-order valence-electron chi connectivity index (χ3n) is 4.06. The Morgan fingerprint density at radius 1 is 1.35 bits per heavy atom. The Morgan fingerprint density at radius 2 is 2.09 bits per heavy atom. The summed E-state index contributed by atoms with van der Waals surface area (Å²) in [5.41, 5.74) is 0.567. The van der Waals surface area contributed by atoms with Gasteiger partial charge in [0.2, 0.25) is 11.8 Å². The summed E-state index contributed by atoms with van der Waals surface area (Å²) in [5, 5.41) is 2.76. The van der Waals surface area contributed by atoms with Gasteiger partial charge in [-0.25, -0.2) is 13.4 Å². The maximum Gasteiger partial charge on any atom is 0.235 e. The molecule has 0 radical (unpaired) electrons. The first-order chi connectivity index (χ1) is 11.0. The average Bonchev–Trinajstić information content (AvgIpc) is 2.53. The number of nitrogens with zero attached hydrogens (tertiary/aromatic N) is 1. The molecule has 23 heavy (non-hydrogen) atoms. The summed E-state index contributed by atoms with van der Waals surface area (Å²) in [7, 11) is -2.04. The van der Waals surface area contributed by atoms with Crippen LogP contribution in [0.3, 0.4) is 0 Å². The minimum Gasteiger partial charge on any atom is -0.481 e. The van der Waals surface area contributed by atoms with Crippen molar-refractivity contribution >= 4 is 15.7 Å². The Balaban J connectivity index is 1.83. The van der Waals surface area contributed by atoms with Crippen LogP contribution in [0.1, 0.15) is 37.7 Å². The minimum absolute atomic E-state index is 0.192. The molecule has 1 aliphatic carbocycles. The van der Waals surface area contributed by atoms with Crippen molar-refractivity contribution in [3.63, 3.8) is 0 Å². The second-order valence-electron chi connectivity index (χ2n) is 6.05. The summed E-state index contributed by atoms with van der Waals surface area (Å²) in [4.78, 5) is 15.8. The van der Waals surface area contributed by atoms with E-state index in [2.05, 4.69) is 10.3 Å². The number of carbonyl (C=O) groups excluding carboxylic acids is 1. The van der Waals surface area contributed by atoms with Crippen LogP contribution in [0.25, 0.3) is 0 Å². The van der Waals surface area contributed by atoms with Crippen molar-refractivity contribution in [1.29, 1.82) is 0 Å². The van der Waals surface area contributed by atoms with Crippen LogP contribution in [0, 0.1) is 5.92 Å². The molecule has 7 heteroatoms. The minimum atomic E-state index is -3.51. The van der Waals surface area contributed by atoms with E-state index in [9.17, 15) is 13.2 Å². The van der Waals surface area contributed by atoms with Crippen molar-refractivity contribution in [1.82, 2.24) is 10.3 Å². The number of rotatable bonds is 7. The lowest BCUT2D eigenvalue weighted by Gasteiger charge is -2.21. The summed E-state index contributed by atoms with van der Waals surface area (Å²) < 4.78 is 29.2. The van der Waals surface area contributed by atoms with Gasteiger partial charge in [0, 0.05) is 18.8 Å². The average molecular weight is 340 g/mol. The molecule has 6 nitrogen and oxygen atoms in total. The highest BCUT2D eigenvalue weighted by Gasteiger charge is 2.19.